The highest BCUT2D eigenvalue weighted by atomic mass is 16.5. The third-order valence-corrected chi connectivity index (χ3v) is 10.0. The van der Waals surface area contributed by atoms with Crippen LogP contribution in [0, 0.1) is 0 Å². The van der Waals surface area contributed by atoms with Crippen LogP contribution >= 0.6 is 0 Å². The summed E-state index contributed by atoms with van der Waals surface area (Å²) in [5.41, 5.74) is 0. The Labute approximate surface area is 315 Å². The molecule has 0 fully saturated rings. The third kappa shape index (κ3) is 39.7. The van der Waals surface area contributed by atoms with Gasteiger partial charge in [0.05, 0.1) is 6.61 Å². The van der Waals surface area contributed by atoms with Gasteiger partial charge in [0.25, 0.3) is 0 Å². The van der Waals surface area contributed by atoms with Gasteiger partial charge in [-0.15, -0.1) is 0 Å². The Morgan fingerprint density at radius 2 is 0.920 bits per heavy atom. The first kappa shape index (κ1) is 51.0. The van der Waals surface area contributed by atoms with Crippen LogP contribution in [0.3, 0.4) is 0 Å². The highest BCUT2D eigenvalue weighted by Crippen LogP contribution is 2.18. The topological polar surface area (TPSA) is 49.8 Å². The van der Waals surface area contributed by atoms with Crippen molar-refractivity contribution in [2.75, 3.05) is 26.2 Å². The molecule has 298 valence electrons. The number of esters is 1. The van der Waals surface area contributed by atoms with Crippen LogP contribution in [0.4, 0.5) is 0 Å². The van der Waals surface area contributed by atoms with Gasteiger partial charge in [-0.2, -0.15) is 0 Å². The smallest absolute Gasteiger partial charge is 0.306 e. The fourth-order valence-corrected chi connectivity index (χ4v) is 6.75. The van der Waals surface area contributed by atoms with Gasteiger partial charge in [-0.3, -0.25) is 4.79 Å². The predicted molar refractivity (Wildman–Crippen MR) is 223 cm³/mol. The minimum absolute atomic E-state index is 0. The van der Waals surface area contributed by atoms with Crippen LogP contribution in [0.5, 0.6) is 0 Å². The summed E-state index contributed by atoms with van der Waals surface area (Å²) in [7, 11) is 0. The van der Waals surface area contributed by atoms with Gasteiger partial charge >= 0.3 is 5.97 Å². The van der Waals surface area contributed by atoms with Gasteiger partial charge in [-0.05, 0) is 90.1 Å². The van der Waals surface area contributed by atoms with Crippen molar-refractivity contribution in [2.24, 2.45) is 0 Å². The van der Waals surface area contributed by atoms with E-state index in [4.69, 9.17) is 4.74 Å². The number of hydrogen-bond donors (Lipinski definition) is 1. The Hall–Kier alpha value is -1.13. The van der Waals surface area contributed by atoms with Crippen LogP contribution in [0.25, 0.3) is 0 Å². The number of nitrogens with zero attached hydrogens (tertiary/aromatic N) is 1. The van der Waals surface area contributed by atoms with Crippen molar-refractivity contribution in [3.63, 3.8) is 0 Å². The second-order valence-electron chi connectivity index (χ2n) is 14.9. The minimum Gasteiger partial charge on any atom is -0.462 e. The fraction of sp³-hybridized carbons (Fsp3) is 0.891. The largest absolute Gasteiger partial charge is 0.462 e. The molecule has 0 aromatic carbocycles. The zero-order valence-corrected chi connectivity index (χ0v) is 33.6. The van der Waals surface area contributed by atoms with Crippen LogP contribution in [0.2, 0.25) is 0 Å². The molecule has 50 heavy (non-hydrogen) atoms. The number of unbranched alkanes of at least 4 members (excludes halogenated alkanes) is 23. The Bertz CT molecular complexity index is 690. The first-order valence-corrected chi connectivity index (χ1v) is 22.0. The second kappa shape index (κ2) is 44.0. The van der Waals surface area contributed by atoms with E-state index in [-0.39, 0.29) is 26.1 Å². The summed E-state index contributed by atoms with van der Waals surface area (Å²) in [5.74, 6) is 0.0318. The Morgan fingerprint density at radius 3 is 1.42 bits per heavy atom. The number of ether oxygens (including phenoxy) is 1. The van der Waals surface area contributed by atoms with E-state index in [1.54, 1.807) is 0 Å². The predicted octanol–water partition coefficient (Wildman–Crippen LogP) is 14.5. The van der Waals surface area contributed by atoms with Crippen LogP contribution in [-0.4, -0.2) is 48.3 Å². The van der Waals surface area contributed by atoms with Gasteiger partial charge in [0.2, 0.25) is 0 Å². The van der Waals surface area contributed by atoms with Crippen molar-refractivity contribution in [1.82, 2.24) is 4.90 Å². The van der Waals surface area contributed by atoms with Crippen LogP contribution in [-0.2, 0) is 9.53 Å². The van der Waals surface area contributed by atoms with E-state index in [0.29, 0.717) is 6.42 Å². The average Bonchev–Trinajstić information content (AvgIpc) is 3.10. The van der Waals surface area contributed by atoms with E-state index < -0.39 is 0 Å². The maximum Gasteiger partial charge on any atom is 0.306 e. The monoisotopic (exact) mass is 706 g/mol. The molecule has 0 unspecified atom stereocenters. The van der Waals surface area contributed by atoms with Crippen molar-refractivity contribution >= 4 is 5.97 Å². The van der Waals surface area contributed by atoms with E-state index in [0.717, 1.165) is 51.7 Å². The standard InChI is InChI=1S/C45H87NO3.CH4/c1-4-7-10-13-16-17-18-19-20-21-22-23-24-25-30-35-40-46(42-43-47)41-36-31-26-29-34-39-45(48)49-44(37-32-27-14-11-8-5-2)38-33-28-15-12-9-6-3;/h16-17,19-20,44,47H,4-15,18,21-43H2,1-3H3;1H4/b17-16-,20-19-;. The lowest BCUT2D eigenvalue weighted by Crippen LogP contribution is -2.29. The molecule has 0 aromatic heterocycles. The highest BCUT2D eigenvalue weighted by Gasteiger charge is 2.14. The molecule has 0 aliphatic heterocycles. The second-order valence-corrected chi connectivity index (χ2v) is 14.9. The van der Waals surface area contributed by atoms with Crippen molar-refractivity contribution in [1.29, 1.82) is 0 Å². The van der Waals surface area contributed by atoms with Gasteiger partial charge in [-0.1, -0.05) is 174 Å². The summed E-state index contributed by atoms with van der Waals surface area (Å²) in [6, 6.07) is 0. The van der Waals surface area contributed by atoms with Gasteiger partial charge in [0.15, 0.2) is 0 Å². The first-order chi connectivity index (χ1) is 24.2. The summed E-state index contributed by atoms with van der Waals surface area (Å²) < 4.78 is 6.03. The maximum absolute atomic E-state index is 12.7. The highest BCUT2D eigenvalue weighted by molar-refractivity contribution is 5.69. The van der Waals surface area contributed by atoms with Crippen molar-refractivity contribution in [2.45, 2.75) is 240 Å². The summed E-state index contributed by atoms with van der Waals surface area (Å²) in [5, 5.41) is 9.55. The number of rotatable bonds is 40. The number of aliphatic hydroxyl groups excluding tert-OH is 1. The average molecular weight is 706 g/mol. The Balaban J connectivity index is 0. The molecule has 0 saturated carbocycles. The molecule has 0 heterocycles. The van der Waals surface area contributed by atoms with Gasteiger partial charge in [0.1, 0.15) is 6.10 Å². The quantitative estimate of drug-likeness (QED) is 0.0392. The van der Waals surface area contributed by atoms with E-state index in [1.165, 1.54) is 167 Å². The number of carbonyl (C=O) groups excluding carboxylic acids is 1. The molecule has 4 heteroatoms. The number of allylic oxidation sites excluding steroid dienone is 4. The lowest BCUT2D eigenvalue weighted by Gasteiger charge is -2.21. The molecule has 0 atom stereocenters. The molecule has 0 bridgehead atoms. The van der Waals surface area contributed by atoms with Crippen molar-refractivity contribution in [3.8, 4) is 0 Å². The normalized spacial score (nSPS) is 11.8. The number of carbonyl (C=O) groups is 1. The summed E-state index contributed by atoms with van der Waals surface area (Å²) in [6.07, 6.45) is 48.7. The third-order valence-electron chi connectivity index (χ3n) is 10.0. The number of aliphatic hydroxyl groups is 1. The molecule has 0 aliphatic carbocycles. The fourth-order valence-electron chi connectivity index (χ4n) is 6.75. The van der Waals surface area contributed by atoms with E-state index in [9.17, 15) is 9.90 Å². The molecular weight excluding hydrogens is 615 g/mol. The molecular formula is C46H91NO3. The molecule has 0 radical (unpaired) electrons. The van der Waals surface area contributed by atoms with Crippen LogP contribution in [0.1, 0.15) is 234 Å². The van der Waals surface area contributed by atoms with Gasteiger partial charge < -0.3 is 14.7 Å². The molecule has 0 saturated heterocycles. The Morgan fingerprint density at radius 1 is 0.520 bits per heavy atom. The zero-order chi connectivity index (χ0) is 35.7. The minimum atomic E-state index is 0. The molecule has 4 nitrogen and oxygen atoms in total. The van der Waals surface area contributed by atoms with E-state index in [1.807, 2.05) is 0 Å². The lowest BCUT2D eigenvalue weighted by molar-refractivity contribution is -0.150. The Kier molecular flexibility index (Phi) is 44.9. The van der Waals surface area contributed by atoms with Crippen molar-refractivity contribution in [3.05, 3.63) is 24.3 Å². The van der Waals surface area contributed by atoms with Crippen LogP contribution < -0.4 is 0 Å². The molecule has 0 aromatic rings. The molecule has 1 N–H and O–H groups in total. The molecule has 0 rings (SSSR count). The lowest BCUT2D eigenvalue weighted by atomic mass is 10.0. The molecule has 0 aliphatic rings. The maximum atomic E-state index is 12.7. The summed E-state index contributed by atoms with van der Waals surface area (Å²) >= 11 is 0. The molecule has 0 amide bonds. The van der Waals surface area contributed by atoms with Crippen molar-refractivity contribution < 1.29 is 14.6 Å². The first-order valence-electron chi connectivity index (χ1n) is 22.0. The molecule has 0 spiro atoms. The van der Waals surface area contributed by atoms with Crippen LogP contribution in [0.15, 0.2) is 24.3 Å². The van der Waals surface area contributed by atoms with Gasteiger partial charge in [0, 0.05) is 13.0 Å². The zero-order valence-electron chi connectivity index (χ0n) is 33.6. The summed E-state index contributed by atoms with van der Waals surface area (Å²) in [4.78, 5) is 15.1. The van der Waals surface area contributed by atoms with E-state index >= 15 is 0 Å². The SMILES string of the molecule is C.CCCCC/C=C\C/C=C\CCCCCCCCN(CCO)CCCCCCCC(=O)OC(CCCCCCCC)CCCCCCCC. The van der Waals surface area contributed by atoms with Gasteiger partial charge in [-0.25, -0.2) is 0 Å². The van der Waals surface area contributed by atoms with E-state index in [2.05, 4.69) is 50.0 Å². The summed E-state index contributed by atoms with van der Waals surface area (Å²) in [6.45, 7) is 10.0. The number of hydrogen-bond acceptors (Lipinski definition) is 4.